The average Bonchev–Trinajstić information content (AvgIpc) is 3.22. The largest absolute Gasteiger partial charge is 0.487 e. The van der Waals surface area contributed by atoms with E-state index in [4.69, 9.17) is 13.9 Å². The molecule has 1 aromatic carbocycles. The van der Waals surface area contributed by atoms with Crippen LogP contribution in [0, 0.1) is 0 Å². The fourth-order valence-corrected chi connectivity index (χ4v) is 2.84. The molecule has 1 N–H and O–H groups in total. The van der Waals surface area contributed by atoms with Crippen LogP contribution in [0.4, 0.5) is 8.78 Å². The summed E-state index contributed by atoms with van der Waals surface area (Å²) in [5.41, 5.74) is 0.526. The molecule has 2 aromatic heterocycles. The van der Waals surface area contributed by atoms with Crippen LogP contribution in [-0.4, -0.2) is 40.2 Å². The second kappa shape index (κ2) is 10.2. The Bertz CT molecular complexity index is 1110. The summed E-state index contributed by atoms with van der Waals surface area (Å²) in [5, 5.41) is 2.64. The maximum Gasteiger partial charge on any atom is 0.278 e. The topological polar surface area (TPSA) is 104 Å². The first-order chi connectivity index (χ1) is 15.6. The maximum atomic E-state index is 13.0. The second-order valence-corrected chi connectivity index (χ2v) is 7.58. The van der Waals surface area contributed by atoms with Gasteiger partial charge in [0.1, 0.15) is 11.5 Å². The van der Waals surface area contributed by atoms with Gasteiger partial charge in [-0.25, -0.2) is 18.7 Å². The Labute approximate surface area is 188 Å². The first-order valence-corrected chi connectivity index (χ1v) is 10.1. The number of nitrogens with one attached hydrogen (secondary N) is 1. The molecule has 3 rings (SSSR count). The van der Waals surface area contributed by atoms with Gasteiger partial charge in [0, 0.05) is 44.6 Å². The molecule has 174 valence electrons. The number of benzene rings is 1. The van der Waals surface area contributed by atoms with Crippen molar-refractivity contribution < 1.29 is 32.3 Å². The number of hydrogen-bond donors (Lipinski definition) is 1. The van der Waals surface area contributed by atoms with Gasteiger partial charge in [-0.3, -0.25) is 9.59 Å². The monoisotopic (exact) mass is 459 g/mol. The predicted molar refractivity (Wildman–Crippen MR) is 115 cm³/mol. The number of nitrogens with zero attached hydrogens (tertiary/aromatic N) is 2. The Balaban J connectivity index is 1.62. The van der Waals surface area contributed by atoms with Crippen molar-refractivity contribution >= 4 is 11.7 Å². The minimum Gasteiger partial charge on any atom is -0.487 e. The molecule has 2 heterocycles. The molecular formula is C23H23F2N3O5. The van der Waals surface area contributed by atoms with Gasteiger partial charge in [-0.1, -0.05) is 6.07 Å². The van der Waals surface area contributed by atoms with Crippen molar-refractivity contribution in [3.8, 4) is 28.8 Å². The lowest BCUT2D eigenvalue weighted by molar-refractivity contribution is -0.119. The minimum atomic E-state index is -2.94. The lowest BCUT2D eigenvalue weighted by atomic mass is 10.1. The Kier molecular flexibility index (Phi) is 7.37. The molecule has 3 aromatic rings. The van der Waals surface area contributed by atoms with Crippen LogP contribution < -0.4 is 14.8 Å². The maximum absolute atomic E-state index is 13.0. The number of pyridine rings is 1. The zero-order valence-electron chi connectivity index (χ0n) is 18.3. The molecule has 1 atom stereocenters. The number of Topliss-reactive ketones (excluding diaryl/α,β-unsaturated/α-hetero) is 1. The Morgan fingerprint density at radius 2 is 1.91 bits per heavy atom. The number of carbonyl (C=O) groups excluding carboxylic acids is 2. The van der Waals surface area contributed by atoms with Crippen LogP contribution in [-0.2, 0) is 4.79 Å². The summed E-state index contributed by atoms with van der Waals surface area (Å²) in [6.07, 6.45) is 2.87. The van der Waals surface area contributed by atoms with E-state index < -0.39 is 12.5 Å². The summed E-state index contributed by atoms with van der Waals surface area (Å²) < 4.78 is 42.2. The van der Waals surface area contributed by atoms with E-state index in [0.29, 0.717) is 11.3 Å². The van der Waals surface area contributed by atoms with E-state index in [-0.39, 0.29) is 47.4 Å². The molecule has 0 radical (unpaired) electrons. The minimum absolute atomic E-state index is 0.0806. The molecule has 0 aliphatic carbocycles. The van der Waals surface area contributed by atoms with Crippen LogP contribution in [0.1, 0.15) is 37.7 Å². The van der Waals surface area contributed by atoms with E-state index in [1.54, 1.807) is 37.3 Å². The van der Waals surface area contributed by atoms with Gasteiger partial charge >= 0.3 is 0 Å². The number of ketones is 1. The first-order valence-electron chi connectivity index (χ1n) is 10.1. The molecule has 1 unspecified atom stereocenters. The van der Waals surface area contributed by atoms with Gasteiger partial charge in [-0.05, 0) is 25.1 Å². The zero-order chi connectivity index (χ0) is 24.0. The van der Waals surface area contributed by atoms with Gasteiger partial charge in [0.15, 0.2) is 12.4 Å². The smallest absolute Gasteiger partial charge is 0.278 e. The molecule has 1 amide bonds. The molecule has 0 saturated carbocycles. The van der Waals surface area contributed by atoms with E-state index in [1.165, 1.54) is 25.4 Å². The summed E-state index contributed by atoms with van der Waals surface area (Å²) in [6.45, 7) is 3.14. The molecule has 0 saturated heterocycles. The van der Waals surface area contributed by atoms with E-state index in [1.807, 2.05) is 0 Å². The van der Waals surface area contributed by atoms with Gasteiger partial charge in [-0.2, -0.15) is 0 Å². The van der Waals surface area contributed by atoms with Crippen LogP contribution in [0.2, 0.25) is 0 Å². The van der Waals surface area contributed by atoms with E-state index in [0.717, 1.165) is 6.92 Å². The summed E-state index contributed by atoms with van der Waals surface area (Å²) in [5.74, 6) is -2.29. The number of hydrogen-bond acceptors (Lipinski definition) is 7. The number of aromatic nitrogens is 2. The van der Waals surface area contributed by atoms with Crippen LogP contribution in [0.5, 0.6) is 17.4 Å². The van der Waals surface area contributed by atoms with Gasteiger partial charge < -0.3 is 19.2 Å². The summed E-state index contributed by atoms with van der Waals surface area (Å²) in [4.78, 5) is 31.7. The summed E-state index contributed by atoms with van der Waals surface area (Å²) >= 11 is 0. The quantitative estimate of drug-likeness (QED) is 0.440. The van der Waals surface area contributed by atoms with Crippen molar-refractivity contribution in [1.82, 2.24) is 15.3 Å². The van der Waals surface area contributed by atoms with E-state index >= 15 is 0 Å². The predicted octanol–water partition coefficient (Wildman–Crippen LogP) is 4.66. The average molecular weight is 459 g/mol. The van der Waals surface area contributed by atoms with E-state index in [9.17, 15) is 18.4 Å². The SMILES string of the molecule is CC(=O)NC(C)CC(=O)c1cnc(-c2ccc(Oc3cccc(OCC(C)(F)F)c3)nc2)o1. The fraction of sp³-hybridized carbons (Fsp3) is 0.304. The molecule has 0 spiro atoms. The number of halogens is 2. The Morgan fingerprint density at radius 3 is 2.58 bits per heavy atom. The van der Waals surface area contributed by atoms with Crippen LogP contribution in [0.15, 0.2) is 53.2 Å². The third kappa shape index (κ3) is 7.37. The Hall–Kier alpha value is -3.82. The van der Waals surface area contributed by atoms with Crippen molar-refractivity contribution in [1.29, 1.82) is 0 Å². The fourth-order valence-electron chi connectivity index (χ4n) is 2.84. The molecule has 8 nitrogen and oxygen atoms in total. The normalized spacial score (nSPS) is 12.2. The first kappa shape index (κ1) is 23.8. The van der Waals surface area contributed by atoms with Gasteiger partial charge in [0.05, 0.1) is 11.8 Å². The number of oxazole rings is 1. The highest BCUT2D eigenvalue weighted by molar-refractivity contribution is 5.94. The third-order valence-corrected chi connectivity index (χ3v) is 4.23. The molecule has 0 fully saturated rings. The summed E-state index contributed by atoms with van der Waals surface area (Å²) in [6, 6.07) is 9.19. The van der Waals surface area contributed by atoms with Crippen molar-refractivity contribution in [3.05, 3.63) is 54.6 Å². The van der Waals surface area contributed by atoms with E-state index in [2.05, 4.69) is 15.3 Å². The highest BCUT2D eigenvalue weighted by Gasteiger charge is 2.22. The van der Waals surface area contributed by atoms with Crippen molar-refractivity contribution in [2.75, 3.05) is 6.61 Å². The molecular weight excluding hydrogens is 436 g/mol. The second-order valence-electron chi connectivity index (χ2n) is 7.58. The lowest BCUT2D eigenvalue weighted by Gasteiger charge is -2.12. The molecule has 33 heavy (non-hydrogen) atoms. The van der Waals surface area contributed by atoms with Gasteiger partial charge in [0.25, 0.3) is 5.92 Å². The standard InChI is InChI=1S/C23H23F2N3O5/c1-14(28-15(2)29)9-19(30)20-12-27-22(33-20)16-7-8-21(26-11-16)32-18-6-4-5-17(10-18)31-13-23(3,24)25/h4-8,10-12,14H,9,13H2,1-3H3,(H,28,29). The van der Waals surface area contributed by atoms with Crippen LogP contribution in [0.3, 0.4) is 0 Å². The molecule has 0 aliphatic heterocycles. The zero-order valence-corrected chi connectivity index (χ0v) is 18.3. The van der Waals surface area contributed by atoms with Gasteiger partial charge in [-0.15, -0.1) is 0 Å². The Morgan fingerprint density at radius 1 is 1.15 bits per heavy atom. The van der Waals surface area contributed by atoms with Crippen molar-refractivity contribution in [2.45, 2.75) is 39.2 Å². The third-order valence-electron chi connectivity index (χ3n) is 4.23. The number of ether oxygens (including phenoxy) is 2. The molecule has 0 bridgehead atoms. The van der Waals surface area contributed by atoms with Crippen molar-refractivity contribution in [2.24, 2.45) is 0 Å². The highest BCUT2D eigenvalue weighted by Crippen LogP contribution is 2.27. The number of carbonyl (C=O) groups is 2. The summed E-state index contributed by atoms with van der Waals surface area (Å²) in [7, 11) is 0. The number of amides is 1. The van der Waals surface area contributed by atoms with Crippen LogP contribution >= 0.6 is 0 Å². The molecule has 10 heteroatoms. The van der Waals surface area contributed by atoms with Crippen molar-refractivity contribution in [3.63, 3.8) is 0 Å². The van der Waals surface area contributed by atoms with Gasteiger partial charge in [0.2, 0.25) is 23.5 Å². The lowest BCUT2D eigenvalue weighted by Crippen LogP contribution is -2.32. The molecule has 0 aliphatic rings. The van der Waals surface area contributed by atoms with Crippen LogP contribution in [0.25, 0.3) is 11.5 Å². The highest BCUT2D eigenvalue weighted by atomic mass is 19.3. The number of alkyl halides is 2. The number of rotatable bonds is 10.